The molecular weight excluding hydrogens is 322 g/mol. The van der Waals surface area contributed by atoms with Crippen molar-refractivity contribution in [2.75, 3.05) is 19.5 Å². The van der Waals surface area contributed by atoms with Gasteiger partial charge in [-0.2, -0.15) is 0 Å². The molecule has 4 N–H and O–H groups in total. The number of carbonyl (C=O) groups is 2. The minimum absolute atomic E-state index is 0.231. The molecule has 7 nitrogen and oxygen atoms in total. The van der Waals surface area contributed by atoms with Crippen LogP contribution in [0.2, 0.25) is 0 Å². The van der Waals surface area contributed by atoms with E-state index in [-0.39, 0.29) is 6.54 Å². The van der Waals surface area contributed by atoms with Gasteiger partial charge in [-0.3, -0.25) is 9.59 Å². The zero-order valence-electron chi connectivity index (χ0n) is 14.2. The number of carbonyl (C=O) groups excluding carboxylic acids is 2. The van der Waals surface area contributed by atoms with Crippen LogP contribution in [0.5, 0.6) is 11.5 Å². The molecule has 0 saturated heterocycles. The summed E-state index contributed by atoms with van der Waals surface area (Å²) in [6.07, 6.45) is 0. The van der Waals surface area contributed by atoms with E-state index in [4.69, 9.17) is 15.2 Å². The van der Waals surface area contributed by atoms with Crippen LogP contribution in [0.1, 0.15) is 11.1 Å². The fourth-order valence-electron chi connectivity index (χ4n) is 2.22. The summed E-state index contributed by atoms with van der Waals surface area (Å²) in [7, 11) is 2.98. The Bertz CT molecular complexity index is 762. The monoisotopic (exact) mass is 343 g/mol. The number of anilines is 1. The van der Waals surface area contributed by atoms with Crippen LogP contribution in [0, 0.1) is 0 Å². The van der Waals surface area contributed by atoms with Gasteiger partial charge in [-0.15, -0.1) is 0 Å². The smallest absolute Gasteiger partial charge is 0.313 e. The number of hydrogen-bond acceptors (Lipinski definition) is 5. The van der Waals surface area contributed by atoms with E-state index in [1.54, 1.807) is 18.2 Å². The molecule has 0 spiro atoms. The molecule has 2 aromatic rings. The van der Waals surface area contributed by atoms with Gasteiger partial charge in [0.05, 0.1) is 19.9 Å². The van der Waals surface area contributed by atoms with Crippen molar-refractivity contribution in [3.63, 3.8) is 0 Å². The number of methoxy groups -OCH3 is 2. The molecule has 0 aliphatic carbocycles. The average Bonchev–Trinajstić information content (AvgIpc) is 2.66. The SMILES string of the molecule is COc1ccc(OC)c(NC(=O)C(=O)NCc2cccc(CN)c2)c1. The van der Waals surface area contributed by atoms with Crippen LogP contribution in [0.3, 0.4) is 0 Å². The van der Waals surface area contributed by atoms with E-state index in [1.165, 1.54) is 14.2 Å². The van der Waals surface area contributed by atoms with Crippen LogP contribution >= 0.6 is 0 Å². The molecule has 0 aromatic heterocycles. The summed E-state index contributed by atoms with van der Waals surface area (Å²) in [5, 5.41) is 5.09. The normalized spacial score (nSPS) is 10.0. The molecule has 132 valence electrons. The zero-order valence-corrected chi connectivity index (χ0v) is 14.2. The number of nitrogens with two attached hydrogens (primary N) is 1. The highest BCUT2D eigenvalue weighted by atomic mass is 16.5. The first-order valence-corrected chi connectivity index (χ1v) is 7.66. The highest BCUT2D eigenvalue weighted by Crippen LogP contribution is 2.28. The van der Waals surface area contributed by atoms with Crippen LogP contribution in [0.25, 0.3) is 0 Å². The number of ether oxygens (including phenoxy) is 2. The van der Waals surface area contributed by atoms with E-state index in [9.17, 15) is 9.59 Å². The molecule has 0 aliphatic heterocycles. The molecule has 0 heterocycles. The maximum Gasteiger partial charge on any atom is 0.313 e. The summed E-state index contributed by atoms with van der Waals surface area (Å²) in [6, 6.07) is 12.4. The molecule has 0 fully saturated rings. The van der Waals surface area contributed by atoms with Gasteiger partial charge in [-0.25, -0.2) is 0 Å². The largest absolute Gasteiger partial charge is 0.497 e. The fraction of sp³-hybridized carbons (Fsp3) is 0.222. The Morgan fingerprint density at radius 3 is 2.44 bits per heavy atom. The highest BCUT2D eigenvalue weighted by Gasteiger charge is 2.16. The van der Waals surface area contributed by atoms with Gasteiger partial charge in [0.15, 0.2) is 0 Å². The van der Waals surface area contributed by atoms with E-state index in [1.807, 2.05) is 24.3 Å². The minimum Gasteiger partial charge on any atom is -0.497 e. The van der Waals surface area contributed by atoms with E-state index < -0.39 is 11.8 Å². The first kappa shape index (κ1) is 18.3. The Morgan fingerprint density at radius 2 is 1.76 bits per heavy atom. The van der Waals surface area contributed by atoms with Gasteiger partial charge in [0.2, 0.25) is 0 Å². The topological polar surface area (TPSA) is 103 Å². The van der Waals surface area contributed by atoms with E-state index in [0.717, 1.165) is 11.1 Å². The van der Waals surface area contributed by atoms with Crippen LogP contribution < -0.4 is 25.8 Å². The van der Waals surface area contributed by atoms with Crippen LogP contribution in [0.15, 0.2) is 42.5 Å². The summed E-state index contributed by atoms with van der Waals surface area (Å²) < 4.78 is 10.3. The minimum atomic E-state index is -0.790. The van der Waals surface area contributed by atoms with Crippen LogP contribution in [-0.2, 0) is 22.7 Å². The molecule has 2 aromatic carbocycles. The van der Waals surface area contributed by atoms with E-state index >= 15 is 0 Å². The third kappa shape index (κ3) is 4.95. The predicted molar refractivity (Wildman–Crippen MR) is 94.4 cm³/mol. The van der Waals surface area contributed by atoms with Crippen LogP contribution in [-0.4, -0.2) is 26.0 Å². The van der Waals surface area contributed by atoms with Crippen molar-refractivity contribution in [3.8, 4) is 11.5 Å². The van der Waals surface area contributed by atoms with Gasteiger partial charge >= 0.3 is 11.8 Å². The van der Waals surface area contributed by atoms with E-state index in [0.29, 0.717) is 23.7 Å². The molecule has 2 rings (SSSR count). The third-order valence-electron chi connectivity index (χ3n) is 3.54. The Kier molecular flexibility index (Phi) is 6.36. The number of benzene rings is 2. The summed E-state index contributed by atoms with van der Waals surface area (Å²) in [5.41, 5.74) is 7.76. The lowest BCUT2D eigenvalue weighted by Gasteiger charge is -2.12. The van der Waals surface area contributed by atoms with Gasteiger partial charge < -0.3 is 25.8 Å². The molecular formula is C18H21N3O4. The Labute approximate surface area is 146 Å². The van der Waals surface area contributed by atoms with Crippen molar-refractivity contribution in [2.24, 2.45) is 5.73 Å². The first-order chi connectivity index (χ1) is 12.1. The highest BCUT2D eigenvalue weighted by molar-refractivity contribution is 6.39. The molecule has 0 unspecified atom stereocenters. The quantitative estimate of drug-likeness (QED) is 0.688. The van der Waals surface area contributed by atoms with Crippen molar-refractivity contribution in [1.29, 1.82) is 0 Å². The second kappa shape index (κ2) is 8.70. The molecule has 0 saturated carbocycles. The average molecular weight is 343 g/mol. The van der Waals surface area contributed by atoms with Gasteiger partial charge in [-0.05, 0) is 23.3 Å². The van der Waals surface area contributed by atoms with Crippen molar-refractivity contribution in [1.82, 2.24) is 5.32 Å². The summed E-state index contributed by atoms with van der Waals surface area (Å²) in [6.45, 7) is 0.646. The maximum atomic E-state index is 12.1. The van der Waals surface area contributed by atoms with Crippen molar-refractivity contribution in [2.45, 2.75) is 13.1 Å². The molecule has 0 bridgehead atoms. The van der Waals surface area contributed by atoms with Crippen molar-refractivity contribution < 1.29 is 19.1 Å². The second-order valence-electron chi connectivity index (χ2n) is 5.23. The van der Waals surface area contributed by atoms with Crippen molar-refractivity contribution in [3.05, 3.63) is 53.6 Å². The Balaban J connectivity index is 1.99. The number of nitrogens with one attached hydrogen (secondary N) is 2. The predicted octanol–water partition coefficient (Wildman–Crippen LogP) is 1.42. The fourth-order valence-corrected chi connectivity index (χ4v) is 2.22. The summed E-state index contributed by atoms with van der Waals surface area (Å²) in [4.78, 5) is 24.1. The van der Waals surface area contributed by atoms with Crippen LogP contribution in [0.4, 0.5) is 5.69 Å². The summed E-state index contributed by atoms with van der Waals surface area (Å²) in [5.74, 6) is -0.572. The number of rotatable bonds is 6. The molecule has 0 radical (unpaired) electrons. The van der Waals surface area contributed by atoms with Gasteiger partial charge in [0.1, 0.15) is 11.5 Å². The van der Waals surface area contributed by atoms with E-state index in [2.05, 4.69) is 10.6 Å². The van der Waals surface area contributed by atoms with Gasteiger partial charge in [-0.1, -0.05) is 24.3 Å². The lowest BCUT2D eigenvalue weighted by Crippen LogP contribution is -2.35. The van der Waals surface area contributed by atoms with Crippen molar-refractivity contribution >= 4 is 17.5 Å². The lowest BCUT2D eigenvalue weighted by molar-refractivity contribution is -0.136. The number of hydrogen-bond donors (Lipinski definition) is 3. The maximum absolute atomic E-state index is 12.1. The summed E-state index contributed by atoms with van der Waals surface area (Å²) >= 11 is 0. The van der Waals surface area contributed by atoms with Gasteiger partial charge in [0, 0.05) is 19.2 Å². The molecule has 2 amide bonds. The Morgan fingerprint density at radius 1 is 1.00 bits per heavy atom. The first-order valence-electron chi connectivity index (χ1n) is 7.66. The lowest BCUT2D eigenvalue weighted by atomic mass is 10.1. The molecule has 0 aliphatic rings. The second-order valence-corrected chi connectivity index (χ2v) is 5.23. The zero-order chi connectivity index (χ0) is 18.2. The third-order valence-corrected chi connectivity index (χ3v) is 3.54. The molecule has 0 atom stereocenters. The number of amides is 2. The van der Waals surface area contributed by atoms with Gasteiger partial charge in [0.25, 0.3) is 0 Å². The molecule has 7 heteroatoms. The standard InChI is InChI=1S/C18H21N3O4/c1-24-14-6-7-16(25-2)15(9-14)21-18(23)17(22)20-11-13-5-3-4-12(8-13)10-19/h3-9H,10-11,19H2,1-2H3,(H,20,22)(H,21,23). The molecule has 25 heavy (non-hydrogen) atoms. The Hall–Kier alpha value is -3.06.